The summed E-state index contributed by atoms with van der Waals surface area (Å²) in [5, 5.41) is 9.24. The van der Waals surface area contributed by atoms with Gasteiger partial charge in [0.25, 0.3) is 0 Å². The van der Waals surface area contributed by atoms with Crippen molar-refractivity contribution in [2.24, 2.45) is 11.8 Å². The normalized spacial score (nSPS) is 37.9. The molecule has 4 heterocycles. The summed E-state index contributed by atoms with van der Waals surface area (Å²) < 4.78 is 4.60. The fourth-order valence-corrected chi connectivity index (χ4v) is 8.19. The first-order valence-corrected chi connectivity index (χ1v) is 12.4. The van der Waals surface area contributed by atoms with Crippen LogP contribution < -0.4 is 0 Å². The first-order valence-electron chi connectivity index (χ1n) is 11.5. The van der Waals surface area contributed by atoms with Crippen molar-refractivity contribution in [3.8, 4) is 0 Å². The second-order valence-electron chi connectivity index (χ2n) is 9.19. The maximum absolute atomic E-state index is 14.0. The van der Waals surface area contributed by atoms with Gasteiger partial charge in [-0.3, -0.25) is 14.4 Å². The van der Waals surface area contributed by atoms with E-state index in [4.69, 9.17) is 4.74 Å². The highest BCUT2D eigenvalue weighted by Crippen LogP contribution is 2.61. The molecule has 2 amide bonds. The number of carbonyl (C=O) groups excluding carboxylic acids is 3. The van der Waals surface area contributed by atoms with Crippen LogP contribution >= 0.6 is 11.8 Å². The van der Waals surface area contributed by atoms with Gasteiger partial charge in [0.15, 0.2) is 0 Å². The zero-order valence-corrected chi connectivity index (χ0v) is 18.5. The van der Waals surface area contributed by atoms with Gasteiger partial charge in [-0.05, 0) is 19.3 Å². The average Bonchev–Trinajstić information content (AvgIpc) is 3.07. The number of aliphatic hydroxyl groups excluding tert-OH is 1. The highest BCUT2D eigenvalue weighted by Gasteiger charge is 2.71. The van der Waals surface area contributed by atoms with Gasteiger partial charge in [0.05, 0.1) is 16.6 Å². The molecule has 7 nitrogen and oxygen atoms in total. The van der Waals surface area contributed by atoms with Gasteiger partial charge < -0.3 is 19.6 Å². The van der Waals surface area contributed by atoms with Crippen LogP contribution in [0, 0.1) is 11.8 Å². The van der Waals surface area contributed by atoms with Crippen LogP contribution in [0.1, 0.15) is 38.5 Å². The summed E-state index contributed by atoms with van der Waals surface area (Å²) in [4.78, 5) is 44.2. The minimum Gasteiger partial charge on any atom is -0.461 e. The lowest BCUT2D eigenvalue weighted by molar-refractivity contribution is -0.151. The molecule has 0 bridgehead atoms. The van der Waals surface area contributed by atoms with Crippen molar-refractivity contribution in [2.75, 3.05) is 26.3 Å². The number of thioether (sulfide) groups is 1. The Morgan fingerprint density at radius 2 is 1.94 bits per heavy atom. The Balaban J connectivity index is 1.56. The van der Waals surface area contributed by atoms with Gasteiger partial charge in [-0.15, -0.1) is 11.8 Å². The molecular formula is C23H30N2O5S. The summed E-state index contributed by atoms with van der Waals surface area (Å²) in [7, 11) is 0. The van der Waals surface area contributed by atoms with Gasteiger partial charge in [0.1, 0.15) is 12.6 Å². The van der Waals surface area contributed by atoms with Gasteiger partial charge in [-0.2, -0.15) is 0 Å². The predicted octanol–water partition coefficient (Wildman–Crippen LogP) is 1.51. The predicted molar refractivity (Wildman–Crippen MR) is 116 cm³/mol. The third-order valence-corrected chi connectivity index (χ3v) is 9.26. The molecule has 0 aromatic rings. The van der Waals surface area contributed by atoms with Crippen LogP contribution in [0.4, 0.5) is 0 Å². The number of carbonyl (C=O) groups is 3. The van der Waals surface area contributed by atoms with Crippen LogP contribution in [-0.2, 0) is 19.1 Å². The van der Waals surface area contributed by atoms with E-state index < -0.39 is 22.6 Å². The molecule has 3 fully saturated rings. The van der Waals surface area contributed by atoms with E-state index >= 15 is 0 Å². The van der Waals surface area contributed by atoms with E-state index in [0.717, 1.165) is 25.7 Å². The Hall–Kier alpha value is -1.80. The number of aliphatic hydroxyl groups is 1. The Morgan fingerprint density at radius 1 is 1.13 bits per heavy atom. The van der Waals surface area contributed by atoms with Crippen molar-refractivity contribution in [1.82, 2.24) is 9.80 Å². The summed E-state index contributed by atoms with van der Waals surface area (Å²) >= 11 is 1.57. The molecule has 1 aliphatic carbocycles. The Bertz CT molecular complexity index is 823. The summed E-state index contributed by atoms with van der Waals surface area (Å²) in [5.74, 6) is -1.72. The third kappa shape index (κ3) is 3.25. The number of likely N-dealkylation sites (tertiary alicyclic amines) is 1. The number of ether oxygens (including phenoxy) is 1. The van der Waals surface area contributed by atoms with Gasteiger partial charge >= 0.3 is 5.97 Å². The second kappa shape index (κ2) is 8.28. The zero-order chi connectivity index (χ0) is 21.6. The van der Waals surface area contributed by atoms with E-state index in [1.54, 1.807) is 16.7 Å². The van der Waals surface area contributed by atoms with Gasteiger partial charge in [0, 0.05) is 31.0 Å². The molecule has 5 rings (SSSR count). The molecule has 168 valence electrons. The lowest BCUT2D eigenvalue weighted by Crippen LogP contribution is -2.55. The number of hydrogen-bond acceptors (Lipinski definition) is 6. The second-order valence-corrected chi connectivity index (χ2v) is 10.7. The number of amides is 2. The molecule has 8 heteroatoms. The molecule has 1 N–H and O–H groups in total. The van der Waals surface area contributed by atoms with Crippen LogP contribution in [0.15, 0.2) is 24.3 Å². The number of hydrogen-bond donors (Lipinski definition) is 1. The van der Waals surface area contributed by atoms with Crippen molar-refractivity contribution >= 4 is 29.5 Å². The van der Waals surface area contributed by atoms with Crippen molar-refractivity contribution in [3.05, 3.63) is 24.3 Å². The van der Waals surface area contributed by atoms with Crippen LogP contribution in [-0.4, -0.2) is 81.1 Å². The summed E-state index contributed by atoms with van der Waals surface area (Å²) in [6.45, 7) is 1.04. The number of esters is 1. The molecule has 1 saturated carbocycles. The Morgan fingerprint density at radius 3 is 2.71 bits per heavy atom. The van der Waals surface area contributed by atoms with Crippen LogP contribution in [0.25, 0.3) is 0 Å². The van der Waals surface area contributed by atoms with Crippen molar-refractivity contribution in [2.45, 2.75) is 60.6 Å². The molecule has 31 heavy (non-hydrogen) atoms. The molecular weight excluding hydrogens is 416 g/mol. The lowest BCUT2D eigenvalue weighted by Gasteiger charge is -2.39. The quantitative estimate of drug-likeness (QED) is 0.520. The van der Waals surface area contributed by atoms with Crippen LogP contribution in [0.3, 0.4) is 0 Å². The number of nitrogens with zero attached hydrogens (tertiary/aromatic N) is 2. The molecule has 1 spiro atoms. The molecule has 0 radical (unpaired) electrons. The minimum atomic E-state index is -0.775. The minimum absolute atomic E-state index is 0.00741. The lowest BCUT2D eigenvalue weighted by atomic mass is 9.78. The molecule has 2 saturated heterocycles. The summed E-state index contributed by atoms with van der Waals surface area (Å²) in [6.07, 6.45) is 13.8. The fraction of sp³-hybridized carbons (Fsp3) is 0.696. The first kappa shape index (κ1) is 21.1. The highest BCUT2D eigenvalue weighted by atomic mass is 32.2. The van der Waals surface area contributed by atoms with Crippen LogP contribution in [0.5, 0.6) is 0 Å². The number of cyclic esters (lactones) is 1. The van der Waals surface area contributed by atoms with Gasteiger partial charge in [-0.1, -0.05) is 43.6 Å². The molecule has 5 atom stereocenters. The average molecular weight is 447 g/mol. The van der Waals surface area contributed by atoms with Gasteiger partial charge in [-0.25, -0.2) is 0 Å². The Labute approximate surface area is 186 Å². The van der Waals surface area contributed by atoms with Crippen molar-refractivity contribution < 1.29 is 24.2 Å². The topological polar surface area (TPSA) is 87.2 Å². The van der Waals surface area contributed by atoms with Crippen molar-refractivity contribution in [1.29, 1.82) is 0 Å². The van der Waals surface area contributed by atoms with Crippen molar-refractivity contribution in [3.63, 3.8) is 0 Å². The largest absolute Gasteiger partial charge is 0.461 e. The maximum atomic E-state index is 14.0. The molecule has 5 aliphatic rings. The maximum Gasteiger partial charge on any atom is 0.311 e. The SMILES string of the molecule is O=C1OCC=C[C@H]2S[C@]34C=CCN(C5CCCCC5)C(=O)C3N(CCCO)C(=O)[C@@H]4[C@@H]12. The summed E-state index contributed by atoms with van der Waals surface area (Å²) in [5.41, 5.74) is 0. The smallest absolute Gasteiger partial charge is 0.311 e. The third-order valence-electron chi connectivity index (χ3n) is 7.52. The monoisotopic (exact) mass is 446 g/mol. The Kier molecular flexibility index (Phi) is 5.63. The highest BCUT2D eigenvalue weighted by molar-refractivity contribution is 8.02. The number of rotatable bonds is 4. The summed E-state index contributed by atoms with van der Waals surface area (Å²) in [6, 6.07) is -0.438. The van der Waals surface area contributed by atoms with Gasteiger partial charge in [0.2, 0.25) is 11.8 Å². The van der Waals surface area contributed by atoms with E-state index in [1.165, 1.54) is 6.42 Å². The fourth-order valence-electron chi connectivity index (χ4n) is 6.19. The molecule has 4 aliphatic heterocycles. The van der Waals surface area contributed by atoms with E-state index in [-0.39, 0.29) is 42.3 Å². The van der Waals surface area contributed by atoms with Crippen LogP contribution in [0.2, 0.25) is 0 Å². The van der Waals surface area contributed by atoms with E-state index in [9.17, 15) is 19.5 Å². The standard InChI is InChI=1S/C23H30N2O5S/c26-13-6-12-25-19-21(28)24(15-7-2-1-3-8-15)11-5-10-23(19)18(20(25)27)17-16(31-23)9-4-14-30-22(17)29/h4-5,9-10,15-19,26H,1-3,6-8,11-14H2/t16-,17+,18+,19?,23+/m1/s1. The van der Waals surface area contributed by atoms with E-state index in [0.29, 0.717) is 19.5 Å². The van der Waals surface area contributed by atoms with E-state index in [2.05, 4.69) is 0 Å². The molecule has 0 aromatic heterocycles. The number of fused-ring (bicyclic) bond motifs is 2. The first-order chi connectivity index (χ1) is 15.1. The zero-order valence-electron chi connectivity index (χ0n) is 17.7. The van der Waals surface area contributed by atoms with E-state index in [1.807, 2.05) is 29.2 Å². The molecule has 1 unspecified atom stereocenters. The molecule has 0 aromatic carbocycles.